The predicted molar refractivity (Wildman–Crippen MR) is 74.3 cm³/mol. The second-order valence-electron chi connectivity index (χ2n) is 7.63. The average molecular weight is 288 g/mol. The molecule has 0 heterocycles. The van der Waals surface area contributed by atoms with Gasteiger partial charge in [0.15, 0.2) is 0 Å². The third kappa shape index (κ3) is 3.33. The second kappa shape index (κ2) is 5.88. The van der Waals surface area contributed by atoms with Crippen LogP contribution in [0.5, 0.6) is 0 Å². The molecule has 0 aromatic rings. The summed E-state index contributed by atoms with van der Waals surface area (Å²) in [6.45, 7) is 0. The highest BCUT2D eigenvalue weighted by Gasteiger charge is 2.47. The van der Waals surface area contributed by atoms with E-state index >= 15 is 0 Å². The van der Waals surface area contributed by atoms with Crippen LogP contribution in [0.2, 0.25) is 0 Å². The first-order chi connectivity index (χ1) is 9.52. The van der Waals surface area contributed by atoms with Crippen molar-refractivity contribution in [1.29, 1.82) is 0 Å². The van der Waals surface area contributed by atoms with E-state index in [0.717, 1.165) is 43.9 Å². The Morgan fingerprint density at radius 2 is 0.950 bits per heavy atom. The molecule has 6 fully saturated rings. The lowest BCUT2D eigenvalue weighted by Crippen LogP contribution is -2.36. The van der Waals surface area contributed by atoms with Gasteiger partial charge in [-0.05, 0) is 42.9 Å². The molecule has 0 spiro atoms. The van der Waals surface area contributed by atoms with Crippen LogP contribution in [0.1, 0.15) is 70.6 Å². The number of halogens is 3. The fraction of sp³-hybridized carbons (Fsp3) is 1.00. The van der Waals surface area contributed by atoms with E-state index in [1.807, 2.05) is 0 Å². The van der Waals surface area contributed by atoms with Crippen molar-refractivity contribution < 1.29 is 13.2 Å². The molecule has 0 aromatic heterocycles. The molecule has 0 aliphatic heterocycles. The Bertz CT molecular complexity index is 315. The summed E-state index contributed by atoms with van der Waals surface area (Å²) in [6, 6.07) is 0. The highest BCUT2D eigenvalue weighted by molar-refractivity contribution is 4.87. The van der Waals surface area contributed by atoms with E-state index in [1.54, 1.807) is 0 Å². The van der Waals surface area contributed by atoms with Gasteiger partial charge in [0.1, 0.15) is 0 Å². The minimum absolute atomic E-state index is 0.0802. The standard InChI is InChI=1S/C17H27F3/c18-17(19,20)16-11-14-6-5-12-1-3-13(4-2-12)7-9-15(16)10-8-14/h12-16H,1-11H2. The van der Waals surface area contributed by atoms with Gasteiger partial charge in [-0.3, -0.25) is 0 Å². The zero-order valence-electron chi connectivity index (χ0n) is 12.3. The molecule has 6 aliphatic carbocycles. The summed E-state index contributed by atoms with van der Waals surface area (Å²) in [6.07, 6.45) is 7.67. The lowest BCUT2D eigenvalue weighted by Gasteiger charge is -2.40. The van der Waals surface area contributed by atoms with E-state index in [0.29, 0.717) is 12.3 Å². The molecule has 6 aliphatic rings. The van der Waals surface area contributed by atoms with Crippen LogP contribution < -0.4 is 0 Å². The van der Waals surface area contributed by atoms with Gasteiger partial charge in [-0.25, -0.2) is 0 Å². The summed E-state index contributed by atoms with van der Waals surface area (Å²) in [7, 11) is 0. The van der Waals surface area contributed by atoms with Crippen molar-refractivity contribution in [2.45, 2.75) is 76.8 Å². The smallest absolute Gasteiger partial charge is 0.171 e. The van der Waals surface area contributed by atoms with Crippen LogP contribution in [0.3, 0.4) is 0 Å². The van der Waals surface area contributed by atoms with Crippen LogP contribution in [-0.2, 0) is 0 Å². The van der Waals surface area contributed by atoms with Gasteiger partial charge >= 0.3 is 6.18 Å². The summed E-state index contributed by atoms with van der Waals surface area (Å²) in [4.78, 5) is 0. The Morgan fingerprint density at radius 3 is 1.45 bits per heavy atom. The minimum Gasteiger partial charge on any atom is -0.171 e. The molecular weight excluding hydrogens is 261 g/mol. The molecule has 3 heteroatoms. The molecule has 6 rings (SSSR count). The van der Waals surface area contributed by atoms with Gasteiger partial charge in [-0.15, -0.1) is 0 Å². The van der Waals surface area contributed by atoms with Crippen LogP contribution in [0.25, 0.3) is 0 Å². The Morgan fingerprint density at radius 1 is 0.550 bits per heavy atom. The summed E-state index contributed by atoms with van der Waals surface area (Å²) in [5, 5.41) is 0. The number of hydrogen-bond acceptors (Lipinski definition) is 0. The molecule has 3 unspecified atom stereocenters. The van der Waals surface area contributed by atoms with Crippen molar-refractivity contribution in [1.82, 2.24) is 0 Å². The zero-order valence-corrected chi connectivity index (χ0v) is 12.3. The average Bonchev–Trinajstić information content (AvgIpc) is 2.40. The molecule has 4 bridgehead atoms. The molecule has 0 radical (unpaired) electrons. The first-order valence-corrected chi connectivity index (χ1v) is 8.59. The molecule has 0 N–H and O–H groups in total. The van der Waals surface area contributed by atoms with Crippen LogP contribution in [0.15, 0.2) is 0 Å². The number of rotatable bonds is 0. The third-order valence-electron chi connectivity index (χ3n) is 6.42. The van der Waals surface area contributed by atoms with Crippen LogP contribution in [0, 0.1) is 29.6 Å². The Hall–Kier alpha value is -0.210. The van der Waals surface area contributed by atoms with Gasteiger partial charge in [-0.2, -0.15) is 13.2 Å². The van der Waals surface area contributed by atoms with Gasteiger partial charge < -0.3 is 0 Å². The minimum atomic E-state index is -3.97. The lowest BCUT2D eigenvalue weighted by atomic mass is 9.67. The summed E-state index contributed by atoms with van der Waals surface area (Å²) < 4.78 is 39.9. The van der Waals surface area contributed by atoms with Gasteiger partial charge in [-0.1, -0.05) is 51.4 Å². The zero-order chi connectivity index (χ0) is 14.2. The predicted octanol–water partition coefficient (Wildman–Crippen LogP) is 5.96. The molecule has 0 aromatic carbocycles. The van der Waals surface area contributed by atoms with Crippen LogP contribution >= 0.6 is 0 Å². The van der Waals surface area contributed by atoms with Gasteiger partial charge in [0.2, 0.25) is 0 Å². The van der Waals surface area contributed by atoms with Crippen molar-refractivity contribution in [2.75, 3.05) is 0 Å². The maximum absolute atomic E-state index is 13.3. The third-order valence-corrected chi connectivity index (χ3v) is 6.42. The van der Waals surface area contributed by atoms with E-state index in [2.05, 4.69) is 0 Å². The highest BCUT2D eigenvalue weighted by Crippen LogP contribution is 2.48. The lowest BCUT2D eigenvalue weighted by molar-refractivity contribution is -0.202. The molecule has 3 atom stereocenters. The second-order valence-corrected chi connectivity index (χ2v) is 7.63. The highest BCUT2D eigenvalue weighted by atomic mass is 19.4. The SMILES string of the molecule is FC(F)(F)C1CC2CCC3CCC(CC3)CCC1CC2. The maximum Gasteiger partial charge on any atom is 0.392 e. The first kappa shape index (κ1) is 14.7. The Balaban J connectivity index is 1.73. The van der Waals surface area contributed by atoms with Gasteiger partial charge in [0.25, 0.3) is 0 Å². The Labute approximate surface area is 120 Å². The van der Waals surface area contributed by atoms with E-state index < -0.39 is 12.1 Å². The summed E-state index contributed by atoms with van der Waals surface area (Å²) >= 11 is 0. The van der Waals surface area contributed by atoms with Gasteiger partial charge in [0, 0.05) is 0 Å². The van der Waals surface area contributed by atoms with Crippen molar-refractivity contribution >= 4 is 0 Å². The normalized spacial score (nSPS) is 43.0. The van der Waals surface area contributed by atoms with E-state index in [-0.39, 0.29) is 5.92 Å². The molecule has 20 heavy (non-hydrogen) atoms. The maximum atomic E-state index is 13.3. The number of hydrogen-bond donors (Lipinski definition) is 0. The van der Waals surface area contributed by atoms with E-state index in [4.69, 9.17) is 0 Å². The summed E-state index contributed by atoms with van der Waals surface area (Å²) in [5.74, 6) is 0.794. The summed E-state index contributed by atoms with van der Waals surface area (Å²) in [5.41, 5.74) is 0. The Kier molecular flexibility index (Phi) is 4.33. The van der Waals surface area contributed by atoms with Crippen LogP contribution in [0.4, 0.5) is 13.2 Å². The van der Waals surface area contributed by atoms with Crippen molar-refractivity contribution in [3.05, 3.63) is 0 Å². The fourth-order valence-electron chi connectivity index (χ4n) is 5.06. The largest absolute Gasteiger partial charge is 0.392 e. The molecule has 0 nitrogen and oxygen atoms in total. The topological polar surface area (TPSA) is 0 Å². The monoisotopic (exact) mass is 288 g/mol. The quantitative estimate of drug-likeness (QED) is 0.516. The molecule has 0 saturated heterocycles. The number of alkyl halides is 3. The van der Waals surface area contributed by atoms with Crippen molar-refractivity contribution in [2.24, 2.45) is 29.6 Å². The first-order valence-electron chi connectivity index (χ1n) is 8.59. The molecular formula is C17H27F3. The van der Waals surface area contributed by atoms with Gasteiger partial charge in [0.05, 0.1) is 5.92 Å². The van der Waals surface area contributed by atoms with E-state index in [9.17, 15) is 13.2 Å². The van der Waals surface area contributed by atoms with Crippen LogP contribution in [-0.4, -0.2) is 6.18 Å². The van der Waals surface area contributed by atoms with Crippen molar-refractivity contribution in [3.8, 4) is 0 Å². The molecule has 116 valence electrons. The van der Waals surface area contributed by atoms with E-state index in [1.165, 1.54) is 32.1 Å². The fourth-order valence-corrected chi connectivity index (χ4v) is 5.06. The van der Waals surface area contributed by atoms with Crippen molar-refractivity contribution in [3.63, 3.8) is 0 Å². The molecule has 6 saturated carbocycles. The molecule has 0 amide bonds.